The molecule has 39 heavy (non-hydrogen) atoms. The van der Waals surface area contributed by atoms with Gasteiger partial charge in [-0.15, -0.1) is 6.42 Å². The molecule has 0 spiro atoms. The fourth-order valence-corrected chi connectivity index (χ4v) is 5.39. The summed E-state index contributed by atoms with van der Waals surface area (Å²) in [6, 6.07) is 7.87. The summed E-state index contributed by atoms with van der Waals surface area (Å²) >= 11 is 0. The molecule has 0 saturated carbocycles. The highest BCUT2D eigenvalue weighted by molar-refractivity contribution is 7.52. The summed E-state index contributed by atoms with van der Waals surface area (Å²) in [5.41, 5.74) is -6.20. The van der Waals surface area contributed by atoms with Gasteiger partial charge in [-0.1, -0.05) is 31.0 Å². The predicted molar refractivity (Wildman–Crippen MR) is 139 cm³/mol. The van der Waals surface area contributed by atoms with Crippen molar-refractivity contribution in [3.05, 3.63) is 63.4 Å². The highest BCUT2D eigenvalue weighted by atomic mass is 31.2. The number of rotatable bonds is 11. The second-order valence-corrected chi connectivity index (χ2v) is 10.9. The fraction of sp³-hybridized carbons (Fsp3) is 0.480. The molecule has 4 N–H and O–H groups in total. The molecule has 1 aliphatic heterocycles. The van der Waals surface area contributed by atoms with Crippen molar-refractivity contribution in [2.24, 2.45) is 0 Å². The topological polar surface area (TPSA) is 178 Å². The SMILES string of the molecule is C#C[C@@]1(O)[C@H](O)[C@@H](COP(=O)(N[C@@H](C)C(=O)O[C@H](C)CC)Oc2ccccc2)O[C@@]1(C)n1ccc(=O)[nH]c1=O. The second kappa shape index (κ2) is 11.9. The number of hydrogen-bond donors (Lipinski definition) is 4. The number of nitrogens with one attached hydrogen (secondary N) is 2. The molecule has 0 radical (unpaired) electrons. The van der Waals surface area contributed by atoms with Crippen LogP contribution in [-0.4, -0.2) is 62.3 Å². The molecule has 1 saturated heterocycles. The van der Waals surface area contributed by atoms with Crippen molar-refractivity contribution in [1.29, 1.82) is 0 Å². The molecule has 14 heteroatoms. The number of esters is 1. The van der Waals surface area contributed by atoms with E-state index >= 15 is 0 Å². The minimum atomic E-state index is -4.35. The van der Waals surface area contributed by atoms with E-state index in [9.17, 15) is 29.2 Å². The Morgan fingerprint density at radius 2 is 1.97 bits per heavy atom. The minimum Gasteiger partial charge on any atom is -0.462 e. The van der Waals surface area contributed by atoms with Crippen molar-refractivity contribution in [1.82, 2.24) is 14.6 Å². The van der Waals surface area contributed by atoms with Crippen molar-refractivity contribution in [3.8, 4) is 18.1 Å². The van der Waals surface area contributed by atoms with Crippen LogP contribution in [0.2, 0.25) is 0 Å². The van der Waals surface area contributed by atoms with Gasteiger partial charge in [-0.25, -0.2) is 9.36 Å². The Morgan fingerprint density at radius 3 is 2.56 bits per heavy atom. The fourth-order valence-electron chi connectivity index (χ4n) is 3.89. The van der Waals surface area contributed by atoms with Crippen molar-refractivity contribution < 1.29 is 38.1 Å². The molecule has 1 aromatic carbocycles. The maximum absolute atomic E-state index is 13.8. The third-order valence-electron chi connectivity index (χ3n) is 6.35. The molecule has 212 valence electrons. The van der Waals surface area contributed by atoms with E-state index in [2.05, 4.69) is 11.0 Å². The molecule has 1 unspecified atom stereocenters. The van der Waals surface area contributed by atoms with E-state index in [1.54, 1.807) is 25.1 Å². The Hall–Kier alpha value is -3.24. The number of para-hydroxylation sites is 1. The number of nitrogens with zero attached hydrogens (tertiary/aromatic N) is 1. The van der Waals surface area contributed by atoms with Crippen LogP contribution < -0.4 is 20.9 Å². The molecular weight excluding hydrogens is 533 g/mol. The van der Waals surface area contributed by atoms with E-state index in [0.29, 0.717) is 6.42 Å². The quantitative estimate of drug-likeness (QED) is 0.173. The molecule has 1 aromatic heterocycles. The van der Waals surface area contributed by atoms with Gasteiger partial charge in [0.25, 0.3) is 5.56 Å². The molecule has 0 aliphatic carbocycles. The molecule has 13 nitrogen and oxygen atoms in total. The van der Waals surface area contributed by atoms with Gasteiger partial charge in [0.05, 0.1) is 12.7 Å². The monoisotopic (exact) mass is 565 g/mol. The summed E-state index contributed by atoms with van der Waals surface area (Å²) in [4.78, 5) is 38.5. The second-order valence-electron chi connectivity index (χ2n) is 9.18. The minimum absolute atomic E-state index is 0.147. The molecular formula is C25H32N3O10P. The molecule has 2 heterocycles. The number of aliphatic hydroxyl groups is 2. The largest absolute Gasteiger partial charge is 0.462 e. The summed E-state index contributed by atoms with van der Waals surface area (Å²) in [6.07, 6.45) is 3.49. The number of aliphatic hydroxyl groups excluding tert-OH is 1. The van der Waals surface area contributed by atoms with Crippen LogP contribution in [-0.2, 0) is 29.1 Å². The van der Waals surface area contributed by atoms with Gasteiger partial charge in [0.15, 0.2) is 5.72 Å². The lowest BCUT2D eigenvalue weighted by molar-refractivity contribution is -0.161. The smallest absolute Gasteiger partial charge is 0.459 e. The van der Waals surface area contributed by atoms with Crippen LogP contribution in [0, 0.1) is 12.3 Å². The number of benzene rings is 1. The van der Waals surface area contributed by atoms with Gasteiger partial charge < -0.3 is 24.2 Å². The van der Waals surface area contributed by atoms with Gasteiger partial charge >= 0.3 is 19.4 Å². The lowest BCUT2D eigenvalue weighted by Gasteiger charge is -2.36. The Morgan fingerprint density at radius 1 is 1.31 bits per heavy atom. The lowest BCUT2D eigenvalue weighted by Crippen LogP contribution is -2.58. The van der Waals surface area contributed by atoms with Crippen LogP contribution in [0.1, 0.15) is 34.1 Å². The number of carbonyl (C=O) groups excluding carboxylic acids is 1. The summed E-state index contributed by atoms with van der Waals surface area (Å²) < 4.78 is 36.8. The van der Waals surface area contributed by atoms with Crippen molar-refractivity contribution in [2.75, 3.05) is 6.61 Å². The zero-order chi connectivity index (χ0) is 29.0. The van der Waals surface area contributed by atoms with E-state index in [0.717, 1.165) is 16.8 Å². The van der Waals surface area contributed by atoms with Crippen LogP contribution in [0.5, 0.6) is 5.75 Å². The first-order valence-corrected chi connectivity index (χ1v) is 13.7. The molecule has 1 fully saturated rings. The predicted octanol–water partition coefficient (Wildman–Crippen LogP) is 0.857. The first-order chi connectivity index (χ1) is 18.3. The van der Waals surface area contributed by atoms with Gasteiger partial charge in [-0.2, -0.15) is 5.09 Å². The maximum atomic E-state index is 13.8. The average molecular weight is 566 g/mol. The van der Waals surface area contributed by atoms with Gasteiger partial charge in [0.1, 0.15) is 24.0 Å². The molecule has 3 rings (SSSR count). The number of hydrogen-bond acceptors (Lipinski definition) is 10. The van der Waals surface area contributed by atoms with Gasteiger partial charge in [0.2, 0.25) is 5.60 Å². The highest BCUT2D eigenvalue weighted by Crippen LogP contribution is 2.48. The van der Waals surface area contributed by atoms with Crippen molar-refractivity contribution in [2.45, 2.75) is 69.8 Å². The molecule has 0 bridgehead atoms. The number of ether oxygens (including phenoxy) is 2. The van der Waals surface area contributed by atoms with E-state index in [4.69, 9.17) is 24.9 Å². The number of terminal acetylenes is 1. The average Bonchev–Trinajstić information content (AvgIpc) is 3.09. The van der Waals surface area contributed by atoms with E-state index in [-0.39, 0.29) is 11.9 Å². The number of aromatic amines is 1. The van der Waals surface area contributed by atoms with Gasteiger partial charge in [-0.3, -0.25) is 23.7 Å². The summed E-state index contributed by atoms with van der Waals surface area (Å²) in [7, 11) is -4.35. The molecule has 1 aliphatic rings. The maximum Gasteiger partial charge on any atom is 0.459 e. The van der Waals surface area contributed by atoms with E-state index in [1.807, 2.05) is 11.9 Å². The highest BCUT2D eigenvalue weighted by Gasteiger charge is 2.64. The Kier molecular flexibility index (Phi) is 9.23. The third kappa shape index (κ3) is 6.33. The molecule has 7 atom stereocenters. The Labute approximate surface area is 224 Å². The molecule has 0 amide bonds. The normalized spacial score (nSPS) is 27.6. The third-order valence-corrected chi connectivity index (χ3v) is 7.99. The van der Waals surface area contributed by atoms with Gasteiger partial charge in [-0.05, 0) is 39.3 Å². The van der Waals surface area contributed by atoms with Crippen LogP contribution in [0.3, 0.4) is 0 Å². The standard InChI is InChI=1S/C25H32N3O10P/c1-6-16(3)36-22(31)17(4)27-39(34,38-18-11-9-8-10-12-18)35-15-19-21(30)25(33,7-2)24(5,37-19)28-14-13-20(29)26-23(28)32/h2,8-14,16-17,19,21,30,33H,6,15H2,1,3-5H3,(H,27,34)(H,26,29,32)/t16-,17+,19-,21-,24-,25-,39?/m1/s1. The Bertz CT molecular complexity index is 1370. The van der Waals surface area contributed by atoms with E-state index in [1.165, 1.54) is 26.0 Å². The zero-order valence-electron chi connectivity index (χ0n) is 21.9. The van der Waals surface area contributed by atoms with Crippen LogP contribution >= 0.6 is 7.75 Å². The first-order valence-electron chi connectivity index (χ1n) is 12.1. The zero-order valence-corrected chi connectivity index (χ0v) is 22.8. The Balaban J connectivity index is 1.87. The number of carbonyl (C=O) groups is 1. The summed E-state index contributed by atoms with van der Waals surface area (Å²) in [6.45, 7) is 5.52. The van der Waals surface area contributed by atoms with Crippen LogP contribution in [0.4, 0.5) is 0 Å². The first kappa shape index (κ1) is 30.3. The van der Waals surface area contributed by atoms with Crippen LogP contribution in [0.25, 0.3) is 0 Å². The molecule has 2 aromatic rings. The number of aromatic nitrogens is 2. The van der Waals surface area contributed by atoms with Gasteiger partial charge in [0, 0.05) is 12.3 Å². The van der Waals surface area contributed by atoms with Crippen molar-refractivity contribution in [3.63, 3.8) is 0 Å². The van der Waals surface area contributed by atoms with E-state index < -0.39 is 61.1 Å². The lowest BCUT2D eigenvalue weighted by atomic mass is 9.87. The van der Waals surface area contributed by atoms with Crippen LogP contribution in [0.15, 0.2) is 52.2 Å². The number of H-pyrrole nitrogens is 1. The summed E-state index contributed by atoms with van der Waals surface area (Å²) in [5, 5.41) is 24.6. The summed E-state index contributed by atoms with van der Waals surface area (Å²) in [5.74, 6) is 1.50. The van der Waals surface area contributed by atoms with Crippen molar-refractivity contribution >= 4 is 13.7 Å².